The van der Waals surface area contributed by atoms with Crippen LogP contribution in [-0.2, 0) is 17.8 Å². The van der Waals surface area contributed by atoms with Crippen LogP contribution in [0.5, 0.6) is 0 Å². The van der Waals surface area contributed by atoms with Gasteiger partial charge in [0.05, 0.1) is 25.5 Å². The maximum absolute atomic E-state index is 12.6. The molecule has 1 saturated heterocycles. The van der Waals surface area contributed by atoms with Crippen molar-refractivity contribution < 1.29 is 9.53 Å². The van der Waals surface area contributed by atoms with Gasteiger partial charge in [0, 0.05) is 38.6 Å². The minimum Gasteiger partial charge on any atom is -0.378 e. The lowest BCUT2D eigenvalue weighted by molar-refractivity contribution is 0.0298. The van der Waals surface area contributed by atoms with Gasteiger partial charge in [-0.2, -0.15) is 5.10 Å². The van der Waals surface area contributed by atoms with Gasteiger partial charge in [0.2, 0.25) is 5.95 Å². The number of morpholine rings is 1. The highest BCUT2D eigenvalue weighted by molar-refractivity contribution is 5.92. The zero-order valence-corrected chi connectivity index (χ0v) is 13.5. The molecule has 126 valence electrons. The van der Waals surface area contributed by atoms with E-state index < -0.39 is 0 Å². The van der Waals surface area contributed by atoms with Gasteiger partial charge < -0.3 is 14.5 Å². The number of nitrogens with zero attached hydrogens (tertiary/aromatic N) is 6. The van der Waals surface area contributed by atoms with E-state index in [2.05, 4.69) is 20.0 Å². The number of fused-ring (bicyclic) bond motifs is 1. The van der Waals surface area contributed by atoms with Gasteiger partial charge in [-0.1, -0.05) is 0 Å². The molecule has 1 fully saturated rings. The highest BCUT2D eigenvalue weighted by Crippen LogP contribution is 2.18. The molecule has 0 aliphatic carbocycles. The Kier molecular flexibility index (Phi) is 4.12. The van der Waals surface area contributed by atoms with E-state index in [4.69, 9.17) is 4.74 Å². The molecular weight excluding hydrogens is 308 g/mol. The minimum atomic E-state index is -0.0126. The smallest absolute Gasteiger partial charge is 0.274 e. The molecule has 2 aliphatic heterocycles. The average molecular weight is 328 g/mol. The van der Waals surface area contributed by atoms with E-state index in [1.165, 1.54) is 0 Å². The number of hydrogen-bond acceptors (Lipinski definition) is 6. The van der Waals surface area contributed by atoms with Crippen LogP contribution in [0.15, 0.2) is 24.5 Å². The Morgan fingerprint density at radius 1 is 1.08 bits per heavy atom. The molecule has 8 nitrogen and oxygen atoms in total. The number of aryl methyl sites for hydroxylation is 1. The largest absolute Gasteiger partial charge is 0.378 e. The summed E-state index contributed by atoms with van der Waals surface area (Å²) >= 11 is 0. The molecule has 2 aliphatic rings. The summed E-state index contributed by atoms with van der Waals surface area (Å²) in [5.74, 6) is 0.703. The second kappa shape index (κ2) is 6.56. The van der Waals surface area contributed by atoms with Gasteiger partial charge in [-0.15, -0.1) is 0 Å². The monoisotopic (exact) mass is 328 g/mol. The minimum absolute atomic E-state index is 0.0126. The summed E-state index contributed by atoms with van der Waals surface area (Å²) in [6.07, 6.45) is 4.44. The summed E-state index contributed by atoms with van der Waals surface area (Å²) in [5, 5.41) is 4.53. The second-order valence-electron chi connectivity index (χ2n) is 5.97. The van der Waals surface area contributed by atoms with E-state index in [0.29, 0.717) is 44.5 Å². The van der Waals surface area contributed by atoms with Gasteiger partial charge in [0.1, 0.15) is 0 Å². The van der Waals surface area contributed by atoms with E-state index in [1.54, 1.807) is 12.4 Å². The Balaban J connectivity index is 1.54. The van der Waals surface area contributed by atoms with Gasteiger partial charge in [0.15, 0.2) is 5.69 Å². The van der Waals surface area contributed by atoms with Gasteiger partial charge in [-0.25, -0.2) is 9.97 Å². The van der Waals surface area contributed by atoms with Gasteiger partial charge in [-0.3, -0.25) is 9.48 Å². The molecule has 4 heterocycles. The molecule has 0 unspecified atom stereocenters. The molecule has 0 radical (unpaired) electrons. The van der Waals surface area contributed by atoms with Crippen LogP contribution >= 0.6 is 0 Å². The summed E-state index contributed by atoms with van der Waals surface area (Å²) < 4.78 is 7.25. The average Bonchev–Trinajstić information content (AvgIpc) is 2.94. The number of aromatic nitrogens is 4. The molecule has 0 saturated carbocycles. The van der Waals surface area contributed by atoms with E-state index in [0.717, 1.165) is 25.2 Å². The molecular formula is C16H20N6O2. The maximum atomic E-state index is 12.6. The topological polar surface area (TPSA) is 76.4 Å². The SMILES string of the molecule is O=C(c1cc2n(n1)CCCN(c1ncccn1)C2)N1CCOCC1. The third kappa shape index (κ3) is 2.96. The highest BCUT2D eigenvalue weighted by Gasteiger charge is 2.24. The number of amides is 1. The molecule has 4 rings (SSSR count). The molecule has 0 bridgehead atoms. The molecule has 0 spiro atoms. The van der Waals surface area contributed by atoms with Crippen molar-refractivity contribution in [1.82, 2.24) is 24.6 Å². The van der Waals surface area contributed by atoms with Crippen molar-refractivity contribution in [3.63, 3.8) is 0 Å². The summed E-state index contributed by atoms with van der Waals surface area (Å²) in [6.45, 7) is 4.79. The summed E-state index contributed by atoms with van der Waals surface area (Å²) in [4.78, 5) is 25.2. The van der Waals surface area contributed by atoms with Gasteiger partial charge in [0.25, 0.3) is 5.91 Å². The van der Waals surface area contributed by atoms with Crippen molar-refractivity contribution in [2.75, 3.05) is 37.7 Å². The molecule has 0 aromatic carbocycles. The van der Waals surface area contributed by atoms with Crippen molar-refractivity contribution in [1.29, 1.82) is 0 Å². The summed E-state index contributed by atoms with van der Waals surface area (Å²) in [5.41, 5.74) is 1.54. The zero-order chi connectivity index (χ0) is 16.4. The lowest BCUT2D eigenvalue weighted by Gasteiger charge is -2.26. The van der Waals surface area contributed by atoms with Crippen LogP contribution in [0, 0.1) is 0 Å². The van der Waals surface area contributed by atoms with Crippen LogP contribution in [0.25, 0.3) is 0 Å². The van der Waals surface area contributed by atoms with E-state index >= 15 is 0 Å². The Bertz CT molecular complexity index is 711. The fraction of sp³-hybridized carbons (Fsp3) is 0.500. The molecule has 0 atom stereocenters. The van der Waals surface area contributed by atoms with Gasteiger partial charge in [-0.05, 0) is 18.6 Å². The Morgan fingerprint density at radius 3 is 2.67 bits per heavy atom. The van der Waals surface area contributed by atoms with Crippen molar-refractivity contribution in [3.05, 3.63) is 35.9 Å². The van der Waals surface area contributed by atoms with Gasteiger partial charge >= 0.3 is 0 Å². The third-order valence-electron chi connectivity index (χ3n) is 4.37. The van der Waals surface area contributed by atoms with Crippen molar-refractivity contribution in [2.45, 2.75) is 19.5 Å². The second-order valence-corrected chi connectivity index (χ2v) is 5.97. The standard InChI is InChI=1S/C16H20N6O2/c23-15(20-7-9-24-10-8-20)14-11-13-12-21(5-2-6-22(13)19-14)16-17-3-1-4-18-16/h1,3-4,11H,2,5-10,12H2. The lowest BCUT2D eigenvalue weighted by atomic mass is 10.3. The lowest BCUT2D eigenvalue weighted by Crippen LogP contribution is -2.40. The van der Waals surface area contributed by atoms with Crippen LogP contribution in [0.1, 0.15) is 22.6 Å². The molecule has 2 aromatic rings. The molecule has 2 aromatic heterocycles. The molecule has 8 heteroatoms. The fourth-order valence-corrected chi connectivity index (χ4v) is 3.12. The molecule has 0 N–H and O–H groups in total. The number of ether oxygens (including phenoxy) is 1. The van der Waals surface area contributed by atoms with E-state index in [9.17, 15) is 4.79 Å². The van der Waals surface area contributed by atoms with Crippen LogP contribution in [0.4, 0.5) is 5.95 Å². The third-order valence-corrected chi connectivity index (χ3v) is 4.37. The summed E-state index contributed by atoms with van der Waals surface area (Å²) in [7, 11) is 0. The predicted molar refractivity (Wildman–Crippen MR) is 86.6 cm³/mol. The first kappa shape index (κ1) is 15.1. The molecule has 1 amide bonds. The summed E-state index contributed by atoms with van der Waals surface area (Å²) in [6, 6.07) is 3.71. The van der Waals surface area contributed by atoms with E-state index in [-0.39, 0.29) is 5.91 Å². The first-order chi connectivity index (χ1) is 11.8. The van der Waals surface area contributed by atoms with E-state index in [1.807, 2.05) is 21.7 Å². The normalized spacial score (nSPS) is 18.2. The quantitative estimate of drug-likeness (QED) is 0.801. The van der Waals surface area contributed by atoms with Crippen molar-refractivity contribution >= 4 is 11.9 Å². The first-order valence-electron chi connectivity index (χ1n) is 8.27. The number of carbonyl (C=O) groups is 1. The first-order valence-corrected chi connectivity index (χ1v) is 8.27. The van der Waals surface area contributed by atoms with Crippen LogP contribution in [0.3, 0.4) is 0 Å². The highest BCUT2D eigenvalue weighted by atomic mass is 16.5. The fourth-order valence-electron chi connectivity index (χ4n) is 3.12. The number of anilines is 1. The Labute approximate surface area is 140 Å². The molecule has 24 heavy (non-hydrogen) atoms. The van der Waals surface area contributed by atoms with Crippen LogP contribution in [-0.4, -0.2) is 63.4 Å². The Morgan fingerprint density at radius 2 is 1.88 bits per heavy atom. The zero-order valence-electron chi connectivity index (χ0n) is 13.5. The Hall–Kier alpha value is -2.48. The van der Waals surface area contributed by atoms with Crippen LogP contribution in [0.2, 0.25) is 0 Å². The van der Waals surface area contributed by atoms with Crippen LogP contribution < -0.4 is 4.90 Å². The number of hydrogen-bond donors (Lipinski definition) is 0. The predicted octanol–water partition coefficient (Wildman–Crippen LogP) is 0.556. The van der Waals surface area contributed by atoms with Crippen molar-refractivity contribution in [2.24, 2.45) is 0 Å². The number of carbonyl (C=O) groups excluding carboxylic acids is 1. The van der Waals surface area contributed by atoms with Crippen molar-refractivity contribution in [3.8, 4) is 0 Å². The number of rotatable bonds is 2. The maximum Gasteiger partial charge on any atom is 0.274 e.